The standard InChI is InChI=1S/C11H15O2/c1-8-5-9(2)10(3)11(6-8)13-7-12-4/h5H,7H2,1-4H3. The Balaban J connectivity index is 2.92. The van der Waals surface area contributed by atoms with Gasteiger partial charge in [-0.2, -0.15) is 0 Å². The fourth-order valence-electron chi connectivity index (χ4n) is 1.18. The number of hydrogen-bond acceptors (Lipinski definition) is 2. The van der Waals surface area contributed by atoms with E-state index in [0.29, 0.717) is 0 Å². The van der Waals surface area contributed by atoms with Crippen LogP contribution >= 0.6 is 0 Å². The van der Waals surface area contributed by atoms with Gasteiger partial charge >= 0.3 is 0 Å². The molecule has 2 heteroatoms. The summed E-state index contributed by atoms with van der Waals surface area (Å²) < 4.78 is 10.2. The van der Waals surface area contributed by atoms with Gasteiger partial charge in [0.2, 0.25) is 0 Å². The fourth-order valence-corrected chi connectivity index (χ4v) is 1.18. The van der Waals surface area contributed by atoms with Crippen molar-refractivity contribution in [3.63, 3.8) is 0 Å². The molecule has 0 fully saturated rings. The minimum atomic E-state index is 0.278. The Hall–Kier alpha value is -1.02. The van der Waals surface area contributed by atoms with Gasteiger partial charge < -0.3 is 9.47 Å². The summed E-state index contributed by atoms with van der Waals surface area (Å²) in [4.78, 5) is 0. The minimum Gasteiger partial charge on any atom is -0.467 e. The molecule has 1 radical (unpaired) electrons. The van der Waals surface area contributed by atoms with Crippen LogP contribution in [0.25, 0.3) is 0 Å². The Labute approximate surface area is 79.5 Å². The van der Waals surface area contributed by atoms with Crippen LogP contribution in [0, 0.1) is 26.8 Å². The molecule has 0 heterocycles. The van der Waals surface area contributed by atoms with Crippen LogP contribution in [0.5, 0.6) is 5.75 Å². The molecular formula is C11H15O2. The lowest BCUT2D eigenvalue weighted by Gasteiger charge is -2.10. The molecule has 0 saturated carbocycles. The third kappa shape index (κ3) is 2.46. The Bertz CT molecular complexity index is 292. The van der Waals surface area contributed by atoms with Crippen LogP contribution in [0.4, 0.5) is 0 Å². The number of hydrogen-bond donors (Lipinski definition) is 0. The molecule has 0 bridgehead atoms. The Morgan fingerprint density at radius 3 is 2.62 bits per heavy atom. The maximum atomic E-state index is 5.37. The average molecular weight is 179 g/mol. The summed E-state index contributed by atoms with van der Waals surface area (Å²) in [6.07, 6.45) is 0. The van der Waals surface area contributed by atoms with E-state index in [1.807, 2.05) is 13.8 Å². The lowest BCUT2D eigenvalue weighted by molar-refractivity contribution is 0.0503. The molecule has 0 atom stereocenters. The summed E-state index contributed by atoms with van der Waals surface area (Å²) in [6, 6.07) is 5.24. The van der Waals surface area contributed by atoms with E-state index in [9.17, 15) is 0 Å². The predicted molar refractivity (Wildman–Crippen MR) is 52.0 cm³/mol. The lowest BCUT2D eigenvalue weighted by Crippen LogP contribution is -2.01. The highest BCUT2D eigenvalue weighted by Gasteiger charge is 2.03. The molecule has 0 aromatic heterocycles. The second-order valence-corrected chi connectivity index (χ2v) is 3.14. The van der Waals surface area contributed by atoms with Gasteiger partial charge in [-0.15, -0.1) is 0 Å². The maximum Gasteiger partial charge on any atom is 0.188 e. The molecule has 1 aromatic rings. The van der Waals surface area contributed by atoms with Crippen molar-refractivity contribution in [3.05, 3.63) is 28.8 Å². The molecule has 71 valence electrons. The second kappa shape index (κ2) is 4.28. The molecule has 0 spiro atoms. The van der Waals surface area contributed by atoms with Crippen molar-refractivity contribution >= 4 is 0 Å². The van der Waals surface area contributed by atoms with Crippen molar-refractivity contribution in [2.24, 2.45) is 0 Å². The third-order valence-electron chi connectivity index (χ3n) is 2.00. The van der Waals surface area contributed by atoms with Gasteiger partial charge in [0, 0.05) is 13.2 Å². The van der Waals surface area contributed by atoms with Crippen LogP contribution < -0.4 is 4.74 Å². The second-order valence-electron chi connectivity index (χ2n) is 3.14. The van der Waals surface area contributed by atoms with E-state index in [4.69, 9.17) is 9.47 Å². The van der Waals surface area contributed by atoms with Crippen LogP contribution in [0.2, 0.25) is 0 Å². The number of rotatable bonds is 3. The monoisotopic (exact) mass is 179 g/mol. The van der Waals surface area contributed by atoms with Crippen LogP contribution in [-0.2, 0) is 4.74 Å². The van der Waals surface area contributed by atoms with Crippen molar-refractivity contribution in [2.45, 2.75) is 20.8 Å². The molecule has 0 aliphatic rings. The summed E-state index contributed by atoms with van der Waals surface area (Å²) in [6.45, 7) is 6.37. The zero-order valence-corrected chi connectivity index (χ0v) is 8.60. The predicted octanol–water partition coefficient (Wildman–Crippen LogP) is 2.39. The van der Waals surface area contributed by atoms with Crippen LogP contribution in [0.15, 0.2) is 6.07 Å². The van der Waals surface area contributed by atoms with Crippen molar-refractivity contribution < 1.29 is 9.47 Å². The Kier molecular flexibility index (Phi) is 3.32. The number of ether oxygens (including phenoxy) is 2. The molecule has 0 saturated heterocycles. The van der Waals surface area contributed by atoms with E-state index >= 15 is 0 Å². The molecule has 1 aromatic carbocycles. The molecule has 2 nitrogen and oxygen atoms in total. The lowest BCUT2D eigenvalue weighted by atomic mass is 10.1. The van der Waals surface area contributed by atoms with Gasteiger partial charge in [0.15, 0.2) is 6.79 Å². The van der Waals surface area contributed by atoms with Gasteiger partial charge in [0.05, 0.1) is 0 Å². The molecule has 0 aliphatic heterocycles. The Morgan fingerprint density at radius 2 is 2.00 bits per heavy atom. The highest BCUT2D eigenvalue weighted by molar-refractivity contribution is 5.40. The number of methoxy groups -OCH3 is 1. The molecule has 0 amide bonds. The maximum absolute atomic E-state index is 5.37. The van der Waals surface area contributed by atoms with E-state index in [-0.39, 0.29) is 6.79 Å². The first-order valence-electron chi connectivity index (χ1n) is 4.27. The van der Waals surface area contributed by atoms with E-state index in [1.165, 1.54) is 5.56 Å². The number of benzene rings is 1. The quantitative estimate of drug-likeness (QED) is 0.663. The van der Waals surface area contributed by atoms with Gasteiger partial charge in [-0.05, 0) is 37.5 Å². The zero-order valence-electron chi connectivity index (χ0n) is 8.60. The van der Waals surface area contributed by atoms with E-state index < -0.39 is 0 Å². The van der Waals surface area contributed by atoms with Gasteiger partial charge in [-0.3, -0.25) is 0 Å². The molecule has 0 unspecified atom stereocenters. The van der Waals surface area contributed by atoms with Gasteiger partial charge in [0.25, 0.3) is 0 Å². The summed E-state index contributed by atoms with van der Waals surface area (Å²) in [5.41, 5.74) is 3.44. The van der Waals surface area contributed by atoms with Crippen molar-refractivity contribution in [1.29, 1.82) is 0 Å². The fraction of sp³-hybridized carbons (Fsp3) is 0.455. The average Bonchev–Trinajstić information content (AvgIpc) is 2.09. The molecule has 0 N–H and O–H groups in total. The van der Waals surface area contributed by atoms with Crippen molar-refractivity contribution in [1.82, 2.24) is 0 Å². The summed E-state index contributed by atoms with van der Waals surface area (Å²) >= 11 is 0. The topological polar surface area (TPSA) is 18.5 Å². The molecular weight excluding hydrogens is 164 g/mol. The summed E-state index contributed by atoms with van der Waals surface area (Å²) in [5, 5.41) is 0. The SMILES string of the molecule is COCOc1[c]c(C)cc(C)c1C. The highest BCUT2D eigenvalue weighted by atomic mass is 16.7. The van der Waals surface area contributed by atoms with E-state index in [2.05, 4.69) is 19.1 Å². The molecule has 1 rings (SSSR count). The van der Waals surface area contributed by atoms with Crippen LogP contribution in [-0.4, -0.2) is 13.9 Å². The minimum absolute atomic E-state index is 0.278. The Morgan fingerprint density at radius 1 is 1.31 bits per heavy atom. The normalized spacial score (nSPS) is 10.2. The van der Waals surface area contributed by atoms with Gasteiger partial charge in [0.1, 0.15) is 5.75 Å². The van der Waals surface area contributed by atoms with E-state index in [0.717, 1.165) is 16.9 Å². The molecule has 0 aliphatic carbocycles. The first kappa shape index (κ1) is 10.1. The molecule has 13 heavy (non-hydrogen) atoms. The summed E-state index contributed by atoms with van der Waals surface area (Å²) in [7, 11) is 1.61. The number of aryl methyl sites for hydroxylation is 2. The van der Waals surface area contributed by atoms with Crippen LogP contribution in [0.1, 0.15) is 16.7 Å². The first-order valence-corrected chi connectivity index (χ1v) is 4.27. The van der Waals surface area contributed by atoms with E-state index in [1.54, 1.807) is 7.11 Å². The highest BCUT2D eigenvalue weighted by Crippen LogP contribution is 2.22. The summed E-state index contributed by atoms with van der Waals surface area (Å²) in [5.74, 6) is 0.791. The van der Waals surface area contributed by atoms with Gasteiger partial charge in [-0.1, -0.05) is 6.07 Å². The zero-order chi connectivity index (χ0) is 9.84. The third-order valence-corrected chi connectivity index (χ3v) is 2.00. The largest absolute Gasteiger partial charge is 0.467 e. The van der Waals surface area contributed by atoms with Crippen LogP contribution in [0.3, 0.4) is 0 Å². The first-order chi connectivity index (χ1) is 6.15. The van der Waals surface area contributed by atoms with Crippen molar-refractivity contribution in [3.8, 4) is 5.75 Å². The van der Waals surface area contributed by atoms with Gasteiger partial charge in [-0.25, -0.2) is 0 Å². The smallest absolute Gasteiger partial charge is 0.188 e. The van der Waals surface area contributed by atoms with Crippen molar-refractivity contribution in [2.75, 3.05) is 13.9 Å².